The van der Waals surface area contributed by atoms with Crippen molar-refractivity contribution in [1.82, 2.24) is 10.6 Å². The molecule has 0 heterocycles. The molecule has 0 unspecified atom stereocenters. The average molecular weight is 336 g/mol. The van der Waals surface area contributed by atoms with Crippen LogP contribution in [-0.4, -0.2) is 37.5 Å². The van der Waals surface area contributed by atoms with Crippen molar-refractivity contribution >= 4 is 17.8 Å². The largest absolute Gasteiger partial charge is 0.456 e. The highest BCUT2D eigenvalue weighted by atomic mass is 16.5. The number of hydrogen-bond acceptors (Lipinski definition) is 4. The maximum atomic E-state index is 12.2. The van der Waals surface area contributed by atoms with E-state index in [9.17, 15) is 14.4 Å². The number of rotatable bonds is 7. The molecule has 6 heteroatoms. The van der Waals surface area contributed by atoms with E-state index in [0.717, 1.165) is 37.0 Å². The maximum Gasteiger partial charge on any atom is 0.306 e. The molecule has 4 aliphatic carbocycles. The highest BCUT2D eigenvalue weighted by molar-refractivity contribution is 5.86. The van der Waals surface area contributed by atoms with E-state index < -0.39 is 5.91 Å². The van der Waals surface area contributed by atoms with Crippen LogP contribution in [0, 0.1) is 23.2 Å². The van der Waals surface area contributed by atoms with E-state index in [1.54, 1.807) is 0 Å². The van der Waals surface area contributed by atoms with Crippen molar-refractivity contribution in [2.45, 2.75) is 51.9 Å². The molecule has 2 amide bonds. The van der Waals surface area contributed by atoms with Crippen LogP contribution in [0.2, 0.25) is 0 Å². The van der Waals surface area contributed by atoms with Gasteiger partial charge in [0, 0.05) is 6.54 Å². The summed E-state index contributed by atoms with van der Waals surface area (Å²) in [7, 11) is 0. The van der Waals surface area contributed by atoms with Crippen LogP contribution in [0.15, 0.2) is 0 Å². The number of nitrogens with one attached hydrogen (secondary N) is 2. The third-order valence-electron chi connectivity index (χ3n) is 5.87. The molecule has 134 valence electrons. The van der Waals surface area contributed by atoms with E-state index in [1.165, 1.54) is 19.3 Å². The van der Waals surface area contributed by atoms with E-state index in [4.69, 9.17) is 4.74 Å². The van der Waals surface area contributed by atoms with Gasteiger partial charge in [0.1, 0.15) is 0 Å². The summed E-state index contributed by atoms with van der Waals surface area (Å²) in [4.78, 5) is 35.1. The van der Waals surface area contributed by atoms with Gasteiger partial charge in [0.05, 0.1) is 13.0 Å². The highest BCUT2D eigenvalue weighted by Crippen LogP contribution is 2.61. The summed E-state index contributed by atoms with van der Waals surface area (Å²) in [5.41, 5.74) is 0.128. The van der Waals surface area contributed by atoms with Crippen LogP contribution in [0.5, 0.6) is 0 Å². The monoisotopic (exact) mass is 336 g/mol. The minimum Gasteiger partial charge on any atom is -0.456 e. The second-order valence-electron chi connectivity index (χ2n) is 7.99. The quantitative estimate of drug-likeness (QED) is 0.688. The first-order chi connectivity index (χ1) is 11.5. The zero-order chi connectivity index (χ0) is 17.2. The first kappa shape index (κ1) is 17.2. The predicted molar refractivity (Wildman–Crippen MR) is 87.9 cm³/mol. The van der Waals surface area contributed by atoms with Crippen molar-refractivity contribution in [3.63, 3.8) is 0 Å². The van der Waals surface area contributed by atoms with Crippen molar-refractivity contribution in [2.75, 3.05) is 19.7 Å². The number of carbonyl (C=O) groups excluding carboxylic acids is 3. The van der Waals surface area contributed by atoms with Crippen molar-refractivity contribution in [3.8, 4) is 0 Å². The Labute approximate surface area is 143 Å². The Balaban J connectivity index is 1.40. The molecule has 0 aromatic rings. The molecule has 4 aliphatic rings. The topological polar surface area (TPSA) is 84.5 Å². The van der Waals surface area contributed by atoms with Crippen LogP contribution in [0.3, 0.4) is 0 Å². The first-order valence-corrected chi connectivity index (χ1v) is 9.17. The van der Waals surface area contributed by atoms with E-state index >= 15 is 0 Å². The number of amides is 2. The lowest BCUT2D eigenvalue weighted by Gasteiger charge is -2.56. The number of ether oxygens (including phenoxy) is 1. The summed E-state index contributed by atoms with van der Waals surface area (Å²) in [5.74, 6) is 1.44. The van der Waals surface area contributed by atoms with Gasteiger partial charge in [-0.3, -0.25) is 14.4 Å². The first-order valence-electron chi connectivity index (χ1n) is 9.17. The van der Waals surface area contributed by atoms with Gasteiger partial charge < -0.3 is 15.4 Å². The summed E-state index contributed by atoms with van der Waals surface area (Å²) >= 11 is 0. The fourth-order valence-corrected chi connectivity index (χ4v) is 5.50. The molecule has 6 nitrogen and oxygen atoms in total. The summed E-state index contributed by atoms with van der Waals surface area (Å²) in [6, 6.07) is 0. The van der Waals surface area contributed by atoms with Crippen LogP contribution >= 0.6 is 0 Å². The maximum absolute atomic E-state index is 12.2. The fraction of sp³-hybridized carbons (Fsp3) is 0.833. The lowest BCUT2D eigenvalue weighted by Crippen LogP contribution is -2.47. The van der Waals surface area contributed by atoms with Crippen molar-refractivity contribution in [3.05, 3.63) is 0 Å². The van der Waals surface area contributed by atoms with Crippen LogP contribution in [0.1, 0.15) is 51.9 Å². The summed E-state index contributed by atoms with van der Waals surface area (Å²) < 4.78 is 5.15. The van der Waals surface area contributed by atoms with Crippen LogP contribution in [0.4, 0.5) is 0 Å². The number of likely N-dealkylation sites (N-methyl/N-ethyl adjacent to an activating group) is 1. The molecule has 4 fully saturated rings. The minimum absolute atomic E-state index is 0.0841. The Bertz CT molecular complexity index is 482. The Morgan fingerprint density at radius 2 is 1.54 bits per heavy atom. The second-order valence-corrected chi connectivity index (χ2v) is 7.99. The third-order valence-corrected chi connectivity index (χ3v) is 5.87. The van der Waals surface area contributed by atoms with E-state index in [1.807, 2.05) is 6.92 Å². The van der Waals surface area contributed by atoms with Gasteiger partial charge in [-0.1, -0.05) is 0 Å². The predicted octanol–water partition coefficient (Wildman–Crippen LogP) is 1.39. The van der Waals surface area contributed by atoms with E-state index in [0.29, 0.717) is 13.0 Å². The Morgan fingerprint density at radius 1 is 0.958 bits per heavy atom. The van der Waals surface area contributed by atoms with Crippen LogP contribution in [-0.2, 0) is 19.1 Å². The third kappa shape index (κ3) is 4.08. The second kappa shape index (κ2) is 7.11. The minimum atomic E-state index is -0.430. The van der Waals surface area contributed by atoms with Crippen LogP contribution < -0.4 is 10.6 Å². The molecule has 4 saturated carbocycles. The molecule has 0 spiro atoms. The zero-order valence-corrected chi connectivity index (χ0v) is 14.4. The SMILES string of the molecule is CCNC(=O)CNC(=O)COC(=O)CC12CC3CC(CC(C3)C1)C2. The molecular formula is C18H28N2O4. The molecule has 4 rings (SSSR count). The van der Waals surface area contributed by atoms with E-state index in [-0.39, 0.29) is 30.4 Å². The van der Waals surface area contributed by atoms with Gasteiger partial charge in [0.2, 0.25) is 5.91 Å². The number of carbonyl (C=O) groups is 3. The van der Waals surface area contributed by atoms with Gasteiger partial charge in [0.15, 0.2) is 6.61 Å². The Hall–Kier alpha value is -1.59. The van der Waals surface area contributed by atoms with Crippen molar-refractivity contribution in [2.24, 2.45) is 23.2 Å². The fourth-order valence-electron chi connectivity index (χ4n) is 5.50. The molecule has 0 saturated heterocycles. The molecular weight excluding hydrogens is 308 g/mol. The molecule has 24 heavy (non-hydrogen) atoms. The smallest absolute Gasteiger partial charge is 0.306 e. The van der Waals surface area contributed by atoms with Gasteiger partial charge in [-0.15, -0.1) is 0 Å². The van der Waals surface area contributed by atoms with Gasteiger partial charge >= 0.3 is 5.97 Å². The molecule has 2 N–H and O–H groups in total. The highest BCUT2D eigenvalue weighted by Gasteiger charge is 2.51. The van der Waals surface area contributed by atoms with Crippen molar-refractivity contribution < 1.29 is 19.1 Å². The molecule has 0 radical (unpaired) electrons. The molecule has 4 bridgehead atoms. The molecule has 0 atom stereocenters. The molecule has 0 aromatic heterocycles. The van der Waals surface area contributed by atoms with Gasteiger partial charge in [-0.05, 0) is 68.6 Å². The van der Waals surface area contributed by atoms with E-state index in [2.05, 4.69) is 10.6 Å². The standard InChI is InChI=1S/C18H28N2O4/c1-2-19-15(21)10-20-16(22)11-24-17(23)9-18-6-12-3-13(7-18)5-14(4-12)8-18/h12-14H,2-11H2,1H3,(H,19,21)(H,20,22). The van der Waals surface area contributed by atoms with Crippen molar-refractivity contribution in [1.29, 1.82) is 0 Å². The zero-order valence-electron chi connectivity index (χ0n) is 14.4. The molecule has 0 aliphatic heterocycles. The number of hydrogen-bond donors (Lipinski definition) is 2. The number of esters is 1. The molecule has 0 aromatic carbocycles. The lowest BCUT2D eigenvalue weighted by atomic mass is 9.49. The average Bonchev–Trinajstić information content (AvgIpc) is 2.49. The van der Waals surface area contributed by atoms with Gasteiger partial charge in [-0.2, -0.15) is 0 Å². The Kier molecular flexibility index (Phi) is 5.11. The normalized spacial score (nSPS) is 33.1. The Morgan fingerprint density at radius 3 is 2.08 bits per heavy atom. The van der Waals surface area contributed by atoms with Gasteiger partial charge in [0.25, 0.3) is 5.91 Å². The summed E-state index contributed by atoms with van der Waals surface area (Å²) in [6.45, 7) is 1.95. The van der Waals surface area contributed by atoms with Crippen LogP contribution in [0.25, 0.3) is 0 Å². The summed E-state index contributed by atoms with van der Waals surface area (Å²) in [6.07, 6.45) is 7.93. The summed E-state index contributed by atoms with van der Waals surface area (Å²) in [5, 5.41) is 5.04. The van der Waals surface area contributed by atoms with Gasteiger partial charge in [-0.25, -0.2) is 0 Å². The lowest BCUT2D eigenvalue weighted by molar-refractivity contribution is -0.155.